The van der Waals surface area contributed by atoms with Crippen LogP contribution in [0.25, 0.3) is 33.4 Å². The molecule has 0 bridgehead atoms. The number of rotatable bonds is 5. The molecule has 4 aromatic rings. The maximum Gasteiger partial charge on any atom is 0.193 e. The van der Waals surface area contributed by atoms with Crippen LogP contribution in [-0.4, -0.2) is 28.3 Å². The van der Waals surface area contributed by atoms with Crippen LogP contribution in [0.4, 0.5) is 0 Å². The minimum absolute atomic E-state index is 0.0391. The van der Waals surface area contributed by atoms with Crippen molar-refractivity contribution in [3.8, 4) is 28.3 Å². The lowest BCUT2D eigenvalue weighted by Gasteiger charge is -2.06. The lowest BCUT2D eigenvalue weighted by atomic mass is 10.0. The van der Waals surface area contributed by atoms with Crippen molar-refractivity contribution in [2.24, 2.45) is 0 Å². The van der Waals surface area contributed by atoms with Gasteiger partial charge in [0.25, 0.3) is 0 Å². The number of aromatic nitrogens is 2. The first kappa shape index (κ1) is 16.6. The van der Waals surface area contributed by atoms with Crippen molar-refractivity contribution in [1.82, 2.24) is 9.97 Å². The van der Waals surface area contributed by atoms with Gasteiger partial charge in [-0.05, 0) is 17.2 Å². The van der Waals surface area contributed by atoms with E-state index in [1.807, 2.05) is 42.5 Å². The van der Waals surface area contributed by atoms with Gasteiger partial charge in [-0.1, -0.05) is 66.2 Å². The molecule has 0 radical (unpaired) electrons. The van der Waals surface area contributed by atoms with E-state index in [1.165, 1.54) is 5.56 Å². The summed E-state index contributed by atoms with van der Waals surface area (Å²) in [6, 6.07) is 22.1. The van der Waals surface area contributed by atoms with Crippen LogP contribution in [0.15, 0.2) is 66.7 Å². The molecule has 0 saturated carbocycles. The molecule has 0 amide bonds. The molecule has 130 valence electrons. The maximum atomic E-state index is 8.87. The lowest BCUT2D eigenvalue weighted by Crippen LogP contribution is -2.01. The van der Waals surface area contributed by atoms with Gasteiger partial charge in [0.05, 0.1) is 28.4 Å². The summed E-state index contributed by atoms with van der Waals surface area (Å²) in [6.45, 7) is 0.191. The van der Waals surface area contributed by atoms with E-state index >= 15 is 0 Å². The summed E-state index contributed by atoms with van der Waals surface area (Å²) < 4.78 is 5.40. The number of ether oxygens (including phenoxy) is 1. The second-order valence-corrected chi connectivity index (χ2v) is 6.31. The van der Waals surface area contributed by atoms with E-state index in [0.717, 1.165) is 27.9 Å². The number of halogens is 1. The van der Waals surface area contributed by atoms with E-state index < -0.39 is 0 Å². The third-order valence-electron chi connectivity index (χ3n) is 4.15. The molecule has 26 heavy (non-hydrogen) atoms. The van der Waals surface area contributed by atoms with Gasteiger partial charge in [0.15, 0.2) is 5.88 Å². The highest BCUT2D eigenvalue weighted by atomic mass is 35.5. The first-order valence-electron chi connectivity index (χ1n) is 8.33. The standard InChI is InChI=1S/C21H17ClN2O2/c22-17-12-18-19(13-20(23-18)26-11-10-25)24-21(17)16-8-6-15(7-9-16)14-4-2-1-3-5-14/h1-9,12-13,23,25H,10-11H2. The SMILES string of the molecule is OCCOc1cc2nc(-c3ccc(-c4ccccc4)cc3)c(Cl)cc2[nH]1. The number of aliphatic hydroxyl groups excluding tert-OH is 1. The lowest BCUT2D eigenvalue weighted by molar-refractivity contribution is 0.197. The van der Waals surface area contributed by atoms with Crippen LogP contribution >= 0.6 is 11.6 Å². The molecule has 5 heteroatoms. The Balaban J connectivity index is 1.68. The number of pyridine rings is 1. The molecule has 2 aromatic carbocycles. The highest BCUT2D eigenvalue weighted by Crippen LogP contribution is 2.32. The number of aromatic amines is 1. The minimum atomic E-state index is -0.0391. The number of hydrogen-bond donors (Lipinski definition) is 2. The molecular weight excluding hydrogens is 348 g/mol. The van der Waals surface area contributed by atoms with Crippen LogP contribution in [0.2, 0.25) is 5.02 Å². The number of aliphatic hydroxyl groups is 1. The number of nitrogens with one attached hydrogen (secondary N) is 1. The van der Waals surface area contributed by atoms with Crippen molar-refractivity contribution < 1.29 is 9.84 Å². The van der Waals surface area contributed by atoms with Crippen molar-refractivity contribution in [1.29, 1.82) is 0 Å². The van der Waals surface area contributed by atoms with E-state index in [1.54, 1.807) is 0 Å². The van der Waals surface area contributed by atoms with Crippen LogP contribution in [0, 0.1) is 0 Å². The van der Waals surface area contributed by atoms with Crippen molar-refractivity contribution in [3.05, 3.63) is 71.8 Å². The molecule has 0 aliphatic rings. The van der Waals surface area contributed by atoms with Gasteiger partial charge in [0, 0.05) is 11.6 Å². The molecule has 0 spiro atoms. The third kappa shape index (κ3) is 3.29. The molecule has 0 atom stereocenters. The first-order valence-corrected chi connectivity index (χ1v) is 8.71. The summed E-state index contributed by atoms with van der Waals surface area (Å²) in [5.74, 6) is 0.564. The fourth-order valence-corrected chi connectivity index (χ4v) is 3.15. The Morgan fingerprint density at radius 3 is 2.35 bits per heavy atom. The highest BCUT2D eigenvalue weighted by molar-refractivity contribution is 6.33. The van der Waals surface area contributed by atoms with E-state index in [0.29, 0.717) is 10.9 Å². The summed E-state index contributed by atoms with van der Waals surface area (Å²) in [7, 11) is 0. The number of fused-ring (bicyclic) bond motifs is 1. The Kier molecular flexibility index (Phi) is 4.61. The largest absolute Gasteiger partial charge is 0.476 e. The van der Waals surface area contributed by atoms with Gasteiger partial charge in [-0.2, -0.15) is 0 Å². The molecule has 0 unspecified atom stereocenters. The second kappa shape index (κ2) is 7.20. The number of nitrogens with zero attached hydrogens (tertiary/aromatic N) is 1. The monoisotopic (exact) mass is 364 g/mol. The molecule has 0 aliphatic carbocycles. The topological polar surface area (TPSA) is 58.1 Å². The summed E-state index contributed by atoms with van der Waals surface area (Å²) >= 11 is 6.44. The Hall–Kier alpha value is -2.82. The maximum absolute atomic E-state index is 8.87. The zero-order chi connectivity index (χ0) is 17.9. The fraction of sp³-hybridized carbons (Fsp3) is 0.0952. The quantitative estimate of drug-likeness (QED) is 0.528. The van der Waals surface area contributed by atoms with Crippen molar-refractivity contribution in [2.75, 3.05) is 13.2 Å². The van der Waals surface area contributed by atoms with E-state index in [2.05, 4.69) is 34.2 Å². The molecule has 2 aromatic heterocycles. The molecule has 0 aliphatic heterocycles. The van der Waals surface area contributed by atoms with E-state index in [4.69, 9.17) is 21.4 Å². The molecular formula is C21H17ClN2O2. The number of hydrogen-bond acceptors (Lipinski definition) is 3. The zero-order valence-electron chi connectivity index (χ0n) is 13.9. The summed E-state index contributed by atoms with van der Waals surface area (Å²) in [6.07, 6.45) is 0. The van der Waals surface area contributed by atoms with Gasteiger partial charge in [-0.25, -0.2) is 4.98 Å². The average molecular weight is 365 g/mol. The molecule has 0 fully saturated rings. The van der Waals surface area contributed by atoms with Gasteiger partial charge in [0.2, 0.25) is 0 Å². The van der Waals surface area contributed by atoms with E-state index in [9.17, 15) is 0 Å². The van der Waals surface area contributed by atoms with Crippen molar-refractivity contribution in [2.45, 2.75) is 0 Å². The second-order valence-electron chi connectivity index (χ2n) is 5.90. The third-order valence-corrected chi connectivity index (χ3v) is 4.43. The first-order chi connectivity index (χ1) is 12.7. The Labute approximate surface area is 156 Å². The molecule has 0 saturated heterocycles. The van der Waals surface area contributed by atoms with Crippen LogP contribution in [0.1, 0.15) is 0 Å². The van der Waals surface area contributed by atoms with E-state index in [-0.39, 0.29) is 13.2 Å². The van der Waals surface area contributed by atoms with Gasteiger partial charge < -0.3 is 14.8 Å². The normalized spacial score (nSPS) is 11.0. The van der Waals surface area contributed by atoms with Crippen molar-refractivity contribution in [3.63, 3.8) is 0 Å². The fourth-order valence-electron chi connectivity index (χ4n) is 2.89. The summed E-state index contributed by atoms with van der Waals surface area (Å²) in [4.78, 5) is 7.77. The van der Waals surface area contributed by atoms with Gasteiger partial charge in [-0.15, -0.1) is 0 Å². The predicted octanol–water partition coefficient (Wildman–Crippen LogP) is 4.92. The summed E-state index contributed by atoms with van der Waals surface area (Å²) in [5, 5.41) is 9.44. The highest BCUT2D eigenvalue weighted by Gasteiger charge is 2.11. The minimum Gasteiger partial charge on any atom is -0.476 e. The summed E-state index contributed by atoms with van der Waals surface area (Å²) in [5.41, 5.74) is 5.57. The molecule has 2 N–H and O–H groups in total. The average Bonchev–Trinajstić information content (AvgIpc) is 3.08. The smallest absolute Gasteiger partial charge is 0.193 e. The van der Waals surface area contributed by atoms with Crippen LogP contribution in [0.3, 0.4) is 0 Å². The van der Waals surface area contributed by atoms with Crippen molar-refractivity contribution >= 4 is 22.6 Å². The number of H-pyrrole nitrogens is 1. The van der Waals surface area contributed by atoms with Crippen LogP contribution in [-0.2, 0) is 0 Å². The van der Waals surface area contributed by atoms with Crippen LogP contribution < -0.4 is 4.74 Å². The zero-order valence-corrected chi connectivity index (χ0v) is 14.7. The van der Waals surface area contributed by atoms with Crippen LogP contribution in [0.5, 0.6) is 5.88 Å². The van der Waals surface area contributed by atoms with Gasteiger partial charge in [0.1, 0.15) is 6.61 Å². The van der Waals surface area contributed by atoms with Gasteiger partial charge in [-0.3, -0.25) is 0 Å². The Morgan fingerprint density at radius 2 is 1.62 bits per heavy atom. The Bertz CT molecular complexity index is 1030. The molecule has 2 heterocycles. The van der Waals surface area contributed by atoms with Gasteiger partial charge >= 0.3 is 0 Å². The predicted molar refractivity (Wildman–Crippen MR) is 105 cm³/mol. The Morgan fingerprint density at radius 1 is 0.923 bits per heavy atom. The molecule has 4 rings (SSSR count). The number of benzene rings is 2. The molecule has 4 nitrogen and oxygen atoms in total.